The summed E-state index contributed by atoms with van der Waals surface area (Å²) >= 11 is 0. The van der Waals surface area contributed by atoms with Crippen molar-refractivity contribution in [1.29, 1.82) is 0 Å². The van der Waals surface area contributed by atoms with Crippen LogP contribution in [0.1, 0.15) is 13.3 Å². The molecule has 0 aliphatic rings. The van der Waals surface area contributed by atoms with E-state index in [4.69, 9.17) is 5.11 Å². The molecule has 1 amide bonds. The number of esters is 2. The Kier molecular flexibility index (Phi) is 7.59. The number of carboxylic acids is 1. The third-order valence-corrected chi connectivity index (χ3v) is 1.94. The molecule has 106 valence electrons. The van der Waals surface area contributed by atoms with Crippen LogP contribution in [0, 0.1) is 0 Å². The highest BCUT2D eigenvalue weighted by Gasteiger charge is 2.17. The molecular weight excluding hydrogens is 258 g/mol. The van der Waals surface area contributed by atoms with Crippen molar-refractivity contribution >= 4 is 23.8 Å². The van der Waals surface area contributed by atoms with Crippen LogP contribution in [-0.2, 0) is 28.7 Å². The highest BCUT2D eigenvalue weighted by molar-refractivity contribution is 5.93. The Morgan fingerprint density at radius 3 is 2.26 bits per heavy atom. The second-order valence-corrected chi connectivity index (χ2v) is 3.33. The third-order valence-electron chi connectivity index (χ3n) is 1.94. The minimum atomic E-state index is -1.17. The number of rotatable bonds is 7. The number of carbonyl (C=O) groups excluding carboxylic acids is 3. The number of amides is 1. The Morgan fingerprint density at radius 1 is 1.21 bits per heavy atom. The van der Waals surface area contributed by atoms with Crippen molar-refractivity contribution in [3.05, 3.63) is 12.2 Å². The topological polar surface area (TPSA) is 119 Å². The lowest BCUT2D eigenvalue weighted by Crippen LogP contribution is -2.42. The fourth-order valence-corrected chi connectivity index (χ4v) is 0.963. The lowest BCUT2D eigenvalue weighted by atomic mass is 10.2. The molecular formula is C11H15NO7. The first-order valence-electron chi connectivity index (χ1n) is 5.35. The van der Waals surface area contributed by atoms with Crippen molar-refractivity contribution in [2.75, 3.05) is 13.7 Å². The maximum absolute atomic E-state index is 11.2. The maximum Gasteiger partial charge on any atom is 0.331 e. The quantitative estimate of drug-likeness (QED) is 0.462. The Hall–Kier alpha value is -2.38. The number of ether oxygens (including phenoxy) is 2. The molecule has 0 aromatic heterocycles. The zero-order valence-corrected chi connectivity index (χ0v) is 10.5. The summed E-state index contributed by atoms with van der Waals surface area (Å²) in [7, 11) is 1.14. The summed E-state index contributed by atoms with van der Waals surface area (Å²) in [6.45, 7) is 0.957. The zero-order chi connectivity index (χ0) is 14.8. The zero-order valence-electron chi connectivity index (χ0n) is 10.5. The molecule has 0 heterocycles. The van der Waals surface area contributed by atoms with E-state index in [0.717, 1.165) is 19.3 Å². The Bertz CT molecular complexity index is 389. The molecule has 0 saturated carbocycles. The summed E-state index contributed by atoms with van der Waals surface area (Å²) in [5.41, 5.74) is 0. The molecule has 1 unspecified atom stereocenters. The number of hydrogen-bond acceptors (Lipinski definition) is 6. The van der Waals surface area contributed by atoms with Gasteiger partial charge in [0.15, 0.2) is 6.61 Å². The monoisotopic (exact) mass is 273 g/mol. The highest BCUT2D eigenvalue weighted by atomic mass is 16.5. The first kappa shape index (κ1) is 16.6. The van der Waals surface area contributed by atoms with Gasteiger partial charge in [-0.3, -0.25) is 4.79 Å². The molecule has 8 nitrogen and oxygen atoms in total. The van der Waals surface area contributed by atoms with Crippen LogP contribution in [0.25, 0.3) is 0 Å². The summed E-state index contributed by atoms with van der Waals surface area (Å²) in [6.07, 6.45) is 1.84. The van der Waals surface area contributed by atoms with Crippen LogP contribution < -0.4 is 5.32 Å². The van der Waals surface area contributed by atoms with Gasteiger partial charge in [0, 0.05) is 12.2 Å². The van der Waals surface area contributed by atoms with Crippen molar-refractivity contribution in [3.8, 4) is 0 Å². The normalized spacial score (nSPS) is 11.7. The van der Waals surface area contributed by atoms with E-state index in [0.29, 0.717) is 0 Å². The summed E-state index contributed by atoms with van der Waals surface area (Å²) in [4.78, 5) is 43.6. The van der Waals surface area contributed by atoms with E-state index in [9.17, 15) is 19.2 Å². The standard InChI is InChI=1S/C11H15NO7/c1-3-7(11(16)17)12-8(13)6-19-10(15)5-4-9(14)18-2/h4-5,7H,3,6H2,1-2H3,(H,12,13)(H,16,17)/b5-4+. The fraction of sp³-hybridized carbons (Fsp3) is 0.455. The van der Waals surface area contributed by atoms with Gasteiger partial charge in [0.2, 0.25) is 0 Å². The Balaban J connectivity index is 4.09. The lowest BCUT2D eigenvalue weighted by Gasteiger charge is -2.11. The molecule has 1 atom stereocenters. The van der Waals surface area contributed by atoms with Crippen LogP contribution in [0.3, 0.4) is 0 Å². The summed E-state index contributed by atoms with van der Waals surface area (Å²) in [5.74, 6) is -3.57. The molecule has 0 aliphatic heterocycles. The number of aliphatic carboxylic acids is 1. The van der Waals surface area contributed by atoms with Crippen molar-refractivity contribution in [1.82, 2.24) is 5.32 Å². The molecule has 0 bridgehead atoms. The predicted octanol–water partition coefficient (Wildman–Crippen LogP) is -0.762. The molecule has 19 heavy (non-hydrogen) atoms. The van der Waals surface area contributed by atoms with Crippen molar-refractivity contribution in [2.24, 2.45) is 0 Å². The van der Waals surface area contributed by atoms with Gasteiger partial charge in [0.05, 0.1) is 7.11 Å². The predicted molar refractivity (Wildman–Crippen MR) is 62.0 cm³/mol. The van der Waals surface area contributed by atoms with E-state index in [1.54, 1.807) is 6.92 Å². The number of hydrogen-bond donors (Lipinski definition) is 2. The van der Waals surface area contributed by atoms with Gasteiger partial charge in [-0.25, -0.2) is 14.4 Å². The average molecular weight is 273 g/mol. The highest BCUT2D eigenvalue weighted by Crippen LogP contribution is 1.91. The number of carboxylic acid groups (broad SMARTS) is 1. The molecule has 0 spiro atoms. The molecule has 8 heteroatoms. The van der Waals surface area contributed by atoms with Gasteiger partial charge in [-0.05, 0) is 6.42 Å². The molecule has 0 aromatic carbocycles. The SMILES string of the molecule is CCC(NC(=O)COC(=O)/C=C/C(=O)OC)C(=O)O. The van der Waals surface area contributed by atoms with E-state index in [1.165, 1.54) is 0 Å². The van der Waals surface area contributed by atoms with E-state index in [2.05, 4.69) is 14.8 Å². The van der Waals surface area contributed by atoms with Gasteiger partial charge >= 0.3 is 17.9 Å². The number of methoxy groups -OCH3 is 1. The molecule has 0 saturated heterocycles. The van der Waals surface area contributed by atoms with Crippen molar-refractivity contribution < 1.29 is 33.8 Å². The molecule has 0 aromatic rings. The number of carbonyl (C=O) groups is 4. The maximum atomic E-state index is 11.2. The first-order valence-corrected chi connectivity index (χ1v) is 5.35. The van der Waals surface area contributed by atoms with Crippen molar-refractivity contribution in [2.45, 2.75) is 19.4 Å². The molecule has 0 rings (SSSR count). The van der Waals surface area contributed by atoms with Crippen LogP contribution >= 0.6 is 0 Å². The van der Waals surface area contributed by atoms with Crippen LogP contribution in [0.5, 0.6) is 0 Å². The second-order valence-electron chi connectivity index (χ2n) is 3.33. The fourth-order valence-electron chi connectivity index (χ4n) is 0.963. The van der Waals surface area contributed by atoms with Gasteiger partial charge in [-0.15, -0.1) is 0 Å². The van der Waals surface area contributed by atoms with Crippen LogP contribution in [-0.4, -0.2) is 48.7 Å². The summed E-state index contributed by atoms with van der Waals surface area (Å²) in [5, 5.41) is 10.9. The van der Waals surface area contributed by atoms with Crippen molar-refractivity contribution in [3.63, 3.8) is 0 Å². The van der Waals surface area contributed by atoms with Crippen LogP contribution in [0.4, 0.5) is 0 Å². The summed E-state index contributed by atoms with van der Waals surface area (Å²) < 4.78 is 8.73. The van der Waals surface area contributed by atoms with E-state index in [1.807, 2.05) is 0 Å². The van der Waals surface area contributed by atoms with E-state index < -0.39 is 36.5 Å². The Labute approximate surface area is 109 Å². The molecule has 0 radical (unpaired) electrons. The van der Waals surface area contributed by atoms with Crippen LogP contribution in [0.15, 0.2) is 12.2 Å². The second kappa shape index (κ2) is 8.67. The van der Waals surface area contributed by atoms with Gasteiger partial charge in [0.1, 0.15) is 6.04 Å². The van der Waals surface area contributed by atoms with Gasteiger partial charge in [-0.1, -0.05) is 6.92 Å². The average Bonchev–Trinajstić information content (AvgIpc) is 2.39. The van der Waals surface area contributed by atoms with Gasteiger partial charge in [-0.2, -0.15) is 0 Å². The van der Waals surface area contributed by atoms with Crippen LogP contribution in [0.2, 0.25) is 0 Å². The largest absolute Gasteiger partial charge is 0.480 e. The molecule has 0 fully saturated rings. The van der Waals surface area contributed by atoms with E-state index in [-0.39, 0.29) is 6.42 Å². The van der Waals surface area contributed by atoms with Gasteiger partial charge in [0.25, 0.3) is 5.91 Å². The molecule has 0 aliphatic carbocycles. The smallest absolute Gasteiger partial charge is 0.331 e. The summed E-state index contributed by atoms with van der Waals surface area (Å²) in [6, 6.07) is -1.03. The first-order chi connectivity index (χ1) is 8.90. The molecule has 2 N–H and O–H groups in total. The third kappa shape index (κ3) is 7.53. The van der Waals surface area contributed by atoms with E-state index >= 15 is 0 Å². The van der Waals surface area contributed by atoms with Gasteiger partial charge < -0.3 is 19.9 Å². The number of nitrogens with one attached hydrogen (secondary N) is 1. The minimum absolute atomic E-state index is 0.206. The minimum Gasteiger partial charge on any atom is -0.480 e. The lowest BCUT2D eigenvalue weighted by molar-refractivity contribution is -0.146. The Morgan fingerprint density at radius 2 is 1.79 bits per heavy atom.